The molecule has 8 heteroatoms. The van der Waals surface area contributed by atoms with E-state index in [0.29, 0.717) is 23.8 Å². The van der Waals surface area contributed by atoms with Gasteiger partial charge in [0.1, 0.15) is 0 Å². The van der Waals surface area contributed by atoms with Crippen LogP contribution in [-0.2, 0) is 10.0 Å². The minimum Gasteiger partial charge on any atom is -0.298 e. The summed E-state index contributed by atoms with van der Waals surface area (Å²) in [5, 5.41) is 3.34. The molecule has 0 saturated heterocycles. The number of benzene rings is 2. The number of hydrogen-bond donors (Lipinski definition) is 1. The van der Waals surface area contributed by atoms with Crippen LogP contribution >= 0.6 is 11.3 Å². The number of amides is 1. The molecule has 0 atom stereocenters. The van der Waals surface area contributed by atoms with Crippen LogP contribution in [0.2, 0.25) is 0 Å². The minimum absolute atomic E-state index is 0.215. The molecule has 3 aromatic rings. The van der Waals surface area contributed by atoms with Crippen molar-refractivity contribution in [2.24, 2.45) is 0 Å². The number of para-hydroxylation sites is 1. The van der Waals surface area contributed by atoms with Gasteiger partial charge in [-0.25, -0.2) is 13.4 Å². The Morgan fingerprint density at radius 2 is 1.68 bits per heavy atom. The van der Waals surface area contributed by atoms with Crippen molar-refractivity contribution in [3.05, 3.63) is 53.6 Å². The van der Waals surface area contributed by atoms with Gasteiger partial charge >= 0.3 is 0 Å². The molecule has 0 unspecified atom stereocenters. The average Bonchev–Trinajstić information content (AvgIpc) is 3.17. The van der Waals surface area contributed by atoms with Gasteiger partial charge < -0.3 is 0 Å². The molecule has 0 spiro atoms. The summed E-state index contributed by atoms with van der Waals surface area (Å²) in [4.78, 5) is 17.4. The van der Waals surface area contributed by atoms with Crippen molar-refractivity contribution in [3.8, 4) is 0 Å². The zero-order valence-corrected chi connectivity index (χ0v) is 19.9. The van der Waals surface area contributed by atoms with E-state index < -0.39 is 10.0 Å². The molecule has 166 valence electrons. The van der Waals surface area contributed by atoms with Crippen molar-refractivity contribution in [1.82, 2.24) is 9.29 Å². The summed E-state index contributed by atoms with van der Waals surface area (Å²) in [5.41, 5.74) is 2.33. The van der Waals surface area contributed by atoms with Gasteiger partial charge in [-0.05, 0) is 55.7 Å². The first-order chi connectivity index (χ1) is 14.9. The van der Waals surface area contributed by atoms with Crippen LogP contribution in [0.25, 0.3) is 10.2 Å². The number of nitrogens with one attached hydrogen (secondary N) is 1. The van der Waals surface area contributed by atoms with Gasteiger partial charge in [0.15, 0.2) is 5.13 Å². The Hall–Kier alpha value is -2.29. The van der Waals surface area contributed by atoms with Crippen LogP contribution in [0.3, 0.4) is 0 Å². The van der Waals surface area contributed by atoms with Crippen LogP contribution in [0.1, 0.15) is 55.5 Å². The second kappa shape index (κ2) is 10.3. The van der Waals surface area contributed by atoms with Crippen molar-refractivity contribution < 1.29 is 13.2 Å². The molecule has 0 aliphatic rings. The molecule has 0 aliphatic carbocycles. The van der Waals surface area contributed by atoms with E-state index in [1.54, 1.807) is 16.4 Å². The number of carbonyl (C=O) groups is 1. The summed E-state index contributed by atoms with van der Waals surface area (Å²) in [6.45, 7) is 7.10. The fraction of sp³-hybridized carbons (Fsp3) is 0.391. The molecule has 1 aromatic heterocycles. The molecule has 0 radical (unpaired) electrons. The molecule has 1 N–H and O–H groups in total. The molecular weight excluding hydrogens is 430 g/mol. The molecule has 3 rings (SSSR count). The Morgan fingerprint density at radius 1 is 1.03 bits per heavy atom. The second-order valence-corrected chi connectivity index (χ2v) is 10.5. The van der Waals surface area contributed by atoms with E-state index in [4.69, 9.17) is 0 Å². The Balaban J connectivity index is 1.75. The molecule has 0 aliphatic heterocycles. The number of aromatic nitrogens is 1. The maximum Gasteiger partial charge on any atom is 0.257 e. The van der Waals surface area contributed by atoms with Crippen molar-refractivity contribution in [1.29, 1.82) is 0 Å². The smallest absolute Gasteiger partial charge is 0.257 e. The standard InChI is InChI=1S/C23H29N3O3S2/c1-4-6-15-26(16-7-5-2)31(28,29)19-13-11-18(12-14-19)22(27)25-23-24-21-17(3)9-8-10-20(21)30-23/h8-14H,4-7,15-16H2,1-3H3,(H,24,25,27). The lowest BCUT2D eigenvalue weighted by Gasteiger charge is -2.22. The zero-order valence-electron chi connectivity index (χ0n) is 18.2. The molecule has 0 fully saturated rings. The highest BCUT2D eigenvalue weighted by atomic mass is 32.2. The molecule has 6 nitrogen and oxygen atoms in total. The highest BCUT2D eigenvalue weighted by molar-refractivity contribution is 7.89. The Bertz CT molecular complexity index is 1130. The average molecular weight is 460 g/mol. The number of anilines is 1. The highest BCUT2D eigenvalue weighted by Crippen LogP contribution is 2.28. The Morgan fingerprint density at radius 3 is 2.26 bits per heavy atom. The number of aryl methyl sites for hydroxylation is 1. The lowest BCUT2D eigenvalue weighted by atomic mass is 10.2. The highest BCUT2D eigenvalue weighted by Gasteiger charge is 2.24. The first-order valence-electron chi connectivity index (χ1n) is 10.6. The maximum atomic E-state index is 13.1. The fourth-order valence-corrected chi connectivity index (χ4v) is 5.71. The first kappa shape index (κ1) is 23.4. The molecule has 2 aromatic carbocycles. The van der Waals surface area contributed by atoms with Crippen molar-refractivity contribution in [2.75, 3.05) is 18.4 Å². The molecule has 0 bridgehead atoms. The molecular formula is C23H29N3O3S2. The minimum atomic E-state index is -3.58. The summed E-state index contributed by atoms with van der Waals surface area (Å²) >= 11 is 1.42. The van der Waals surface area contributed by atoms with Gasteiger partial charge in [-0.15, -0.1) is 0 Å². The lowest BCUT2D eigenvalue weighted by molar-refractivity contribution is 0.102. The van der Waals surface area contributed by atoms with Crippen LogP contribution in [0, 0.1) is 6.92 Å². The van der Waals surface area contributed by atoms with E-state index in [1.807, 2.05) is 39.0 Å². The van der Waals surface area contributed by atoms with Gasteiger partial charge in [-0.3, -0.25) is 10.1 Å². The summed E-state index contributed by atoms with van der Waals surface area (Å²) in [6, 6.07) is 12.0. The van der Waals surface area contributed by atoms with Crippen molar-refractivity contribution in [2.45, 2.75) is 51.3 Å². The Kier molecular flexibility index (Phi) is 7.80. The first-order valence-corrected chi connectivity index (χ1v) is 12.9. The lowest BCUT2D eigenvalue weighted by Crippen LogP contribution is -2.33. The third-order valence-electron chi connectivity index (χ3n) is 5.12. The predicted molar refractivity (Wildman–Crippen MR) is 127 cm³/mol. The van der Waals surface area contributed by atoms with Crippen LogP contribution in [0.15, 0.2) is 47.4 Å². The topological polar surface area (TPSA) is 79.4 Å². The summed E-state index contributed by atoms with van der Waals surface area (Å²) in [7, 11) is -3.58. The van der Waals surface area contributed by atoms with Crippen LogP contribution in [0.5, 0.6) is 0 Å². The fourth-order valence-electron chi connectivity index (χ4n) is 3.26. The van der Waals surface area contributed by atoms with Gasteiger partial charge in [0.05, 0.1) is 15.1 Å². The molecule has 0 saturated carbocycles. The number of sulfonamides is 1. The van der Waals surface area contributed by atoms with Crippen LogP contribution in [-0.4, -0.2) is 36.7 Å². The third kappa shape index (κ3) is 5.50. The van der Waals surface area contributed by atoms with E-state index in [1.165, 1.54) is 23.5 Å². The second-order valence-electron chi connectivity index (χ2n) is 7.53. The number of unbranched alkanes of at least 4 members (excludes halogenated alkanes) is 2. The molecule has 31 heavy (non-hydrogen) atoms. The zero-order chi connectivity index (χ0) is 22.4. The van der Waals surface area contributed by atoms with E-state index in [0.717, 1.165) is 41.5 Å². The van der Waals surface area contributed by atoms with Gasteiger partial charge in [0.25, 0.3) is 5.91 Å². The normalized spacial score (nSPS) is 11.9. The third-order valence-corrected chi connectivity index (χ3v) is 7.97. The van der Waals surface area contributed by atoms with E-state index in [9.17, 15) is 13.2 Å². The number of nitrogens with zero attached hydrogens (tertiary/aromatic N) is 2. The largest absolute Gasteiger partial charge is 0.298 e. The van der Waals surface area contributed by atoms with Crippen LogP contribution < -0.4 is 5.32 Å². The SMILES string of the molecule is CCCCN(CCCC)S(=O)(=O)c1ccc(C(=O)Nc2nc3c(C)cccc3s2)cc1. The van der Waals surface area contributed by atoms with E-state index in [-0.39, 0.29) is 10.8 Å². The quantitative estimate of drug-likeness (QED) is 0.437. The van der Waals surface area contributed by atoms with E-state index in [2.05, 4.69) is 10.3 Å². The number of thiazole rings is 1. The number of hydrogen-bond acceptors (Lipinski definition) is 5. The summed E-state index contributed by atoms with van der Waals surface area (Å²) in [6.07, 6.45) is 3.52. The van der Waals surface area contributed by atoms with Gasteiger partial charge in [-0.2, -0.15) is 4.31 Å². The van der Waals surface area contributed by atoms with Gasteiger partial charge in [0, 0.05) is 18.7 Å². The molecule has 1 heterocycles. The summed E-state index contributed by atoms with van der Waals surface area (Å²) in [5.74, 6) is -0.311. The number of rotatable bonds is 10. The number of fused-ring (bicyclic) bond motifs is 1. The predicted octanol–water partition coefficient (Wildman–Crippen LogP) is 5.45. The number of carbonyl (C=O) groups excluding carboxylic acids is 1. The van der Waals surface area contributed by atoms with Gasteiger partial charge in [0.2, 0.25) is 10.0 Å². The van der Waals surface area contributed by atoms with Crippen molar-refractivity contribution in [3.63, 3.8) is 0 Å². The van der Waals surface area contributed by atoms with Gasteiger partial charge in [-0.1, -0.05) is 50.2 Å². The van der Waals surface area contributed by atoms with Crippen LogP contribution in [0.4, 0.5) is 5.13 Å². The maximum absolute atomic E-state index is 13.1. The Labute approximate surface area is 188 Å². The monoisotopic (exact) mass is 459 g/mol. The van der Waals surface area contributed by atoms with E-state index >= 15 is 0 Å². The molecule has 1 amide bonds. The summed E-state index contributed by atoms with van der Waals surface area (Å²) < 4.78 is 28.7. The van der Waals surface area contributed by atoms with Crippen molar-refractivity contribution >= 4 is 42.6 Å².